The minimum absolute atomic E-state index is 0.197. The Hall–Kier alpha value is -9.45. The summed E-state index contributed by atoms with van der Waals surface area (Å²) in [5.74, 6) is 5.87. The fourth-order valence-corrected chi connectivity index (χ4v) is 10.0. The number of hydrogen-bond donors (Lipinski definition) is 3. The van der Waals surface area contributed by atoms with Gasteiger partial charge < -0.3 is 24.9 Å². The maximum Gasteiger partial charge on any atom is 0.335 e. The molecule has 0 amide bonds. The van der Waals surface area contributed by atoms with Gasteiger partial charge >= 0.3 is 5.97 Å². The molecule has 0 radical (unpaired) electrons. The third kappa shape index (κ3) is 9.08. The van der Waals surface area contributed by atoms with Crippen molar-refractivity contribution in [2.24, 2.45) is 0 Å². The maximum atomic E-state index is 11.8. The molecule has 0 saturated carbocycles. The van der Waals surface area contributed by atoms with Crippen LogP contribution >= 0.6 is 0 Å². The predicted molar refractivity (Wildman–Crippen MR) is 306 cm³/mol. The average molecular weight is 963 g/mol. The topological polar surface area (TPSA) is 101 Å². The molecule has 2 aliphatic rings. The van der Waals surface area contributed by atoms with Crippen molar-refractivity contribution in [2.75, 3.05) is 9.80 Å². The number of aromatic carboxylic acids is 1. The molecule has 3 aromatic heterocycles. The summed E-state index contributed by atoms with van der Waals surface area (Å²) in [4.78, 5) is 35.4. The number of carbonyl (C=O) groups is 1. The maximum absolute atomic E-state index is 11.8. The molecule has 360 valence electrons. The number of nitrogens with zero attached hydrogens (tertiary/aromatic N) is 4. The lowest BCUT2D eigenvalue weighted by Crippen LogP contribution is -2.13. The zero-order valence-electron chi connectivity index (χ0n) is 42.5. The Morgan fingerprint density at radius 3 is 1.27 bits per heavy atom. The first kappa shape index (κ1) is 46.9. The van der Waals surface area contributed by atoms with E-state index in [4.69, 9.17) is 9.97 Å². The van der Waals surface area contributed by atoms with Crippen LogP contribution in [0, 0.1) is 60.3 Å². The number of carboxylic acid groups (broad SMARTS) is 1. The van der Waals surface area contributed by atoms with Crippen LogP contribution in [0.4, 0.5) is 34.1 Å². The molecule has 74 heavy (non-hydrogen) atoms. The van der Waals surface area contributed by atoms with Crippen molar-refractivity contribution in [3.05, 3.63) is 236 Å². The Balaban J connectivity index is 1.32. The van der Waals surface area contributed by atoms with Crippen molar-refractivity contribution in [3.8, 4) is 23.0 Å². The highest BCUT2D eigenvalue weighted by Gasteiger charge is 2.25. The van der Waals surface area contributed by atoms with Gasteiger partial charge in [-0.3, -0.25) is 0 Å². The Labute approximate surface area is 431 Å². The fourth-order valence-electron chi connectivity index (χ4n) is 10.0. The van der Waals surface area contributed by atoms with E-state index in [1.165, 1.54) is 16.7 Å². The summed E-state index contributed by atoms with van der Waals surface area (Å²) in [5.41, 5.74) is 23.6. The number of nitrogens with one attached hydrogen (secondary N) is 2. The highest BCUT2D eigenvalue weighted by Crippen LogP contribution is 2.45. The van der Waals surface area contributed by atoms with E-state index in [2.05, 4.69) is 232 Å². The van der Waals surface area contributed by atoms with Crippen LogP contribution in [-0.4, -0.2) is 31.0 Å². The second kappa shape index (κ2) is 19.3. The number of rotatable bonds is 8. The van der Waals surface area contributed by atoms with E-state index in [-0.39, 0.29) is 5.56 Å². The van der Waals surface area contributed by atoms with E-state index in [1.807, 2.05) is 6.08 Å². The van der Waals surface area contributed by atoms with Gasteiger partial charge in [0.15, 0.2) is 0 Å². The molecule has 2 aliphatic heterocycles. The molecule has 0 atom stereocenters. The second-order valence-corrected chi connectivity index (χ2v) is 19.4. The third-order valence-corrected chi connectivity index (χ3v) is 13.7. The number of aromatic amines is 2. The lowest BCUT2D eigenvalue weighted by Gasteiger charge is -2.27. The number of H-pyrrole nitrogens is 2. The molecule has 9 aromatic rings. The summed E-state index contributed by atoms with van der Waals surface area (Å²) in [5, 5.41) is 9.66. The van der Waals surface area contributed by atoms with Crippen molar-refractivity contribution >= 4 is 86.5 Å². The van der Waals surface area contributed by atoms with Crippen molar-refractivity contribution < 1.29 is 9.90 Å². The Bertz CT molecular complexity index is 3860. The minimum atomic E-state index is -0.989. The highest BCUT2D eigenvalue weighted by molar-refractivity contribution is 6.01. The third-order valence-electron chi connectivity index (χ3n) is 13.7. The first-order valence-electron chi connectivity index (χ1n) is 24.8. The average Bonchev–Trinajstić information content (AvgIpc) is 4.26. The Morgan fingerprint density at radius 2 is 0.811 bits per heavy atom. The summed E-state index contributed by atoms with van der Waals surface area (Å²) in [6.45, 7) is 14.9. The van der Waals surface area contributed by atoms with E-state index >= 15 is 0 Å². The fraction of sp³-hybridized carbons (Fsp3) is 0.106. The van der Waals surface area contributed by atoms with Gasteiger partial charge in [-0.2, -0.15) is 0 Å². The molecule has 3 N–H and O–H groups in total. The van der Waals surface area contributed by atoms with E-state index in [0.29, 0.717) is 16.8 Å². The van der Waals surface area contributed by atoms with Crippen LogP contribution in [0.5, 0.6) is 0 Å². The Kier molecular flexibility index (Phi) is 12.2. The number of benzene rings is 6. The van der Waals surface area contributed by atoms with Crippen LogP contribution in [0.2, 0.25) is 0 Å². The molecule has 6 aromatic carbocycles. The van der Waals surface area contributed by atoms with Crippen LogP contribution in [-0.2, 0) is 0 Å². The van der Waals surface area contributed by atoms with Crippen LogP contribution in [0.25, 0.3) is 57.5 Å². The van der Waals surface area contributed by atoms with E-state index < -0.39 is 5.97 Å². The van der Waals surface area contributed by atoms with Gasteiger partial charge in [-0.15, -0.1) is 0 Å². The van der Waals surface area contributed by atoms with E-state index in [1.54, 1.807) is 24.3 Å². The van der Waals surface area contributed by atoms with Gasteiger partial charge in [0.2, 0.25) is 0 Å². The minimum Gasteiger partial charge on any atom is -0.478 e. The van der Waals surface area contributed by atoms with Crippen LogP contribution in [0.15, 0.2) is 158 Å². The molecule has 11 rings (SSSR count). The van der Waals surface area contributed by atoms with Crippen molar-refractivity contribution in [3.63, 3.8) is 0 Å². The SMILES string of the molecule is Cc1ccc(N(c2ccc(C)cc2)c2c3nc(c(N(c4ccc(C)cc4)c4ccc(C)cc4)c4ccc([nH]4)c(-c4c(C)cc(C)cc4C)c4nc(c(C#Cc5ccc(C(=O)O)cc5)c5ccc2[nH]5)C=C4)C=C3)cc1. The van der Waals surface area contributed by atoms with Gasteiger partial charge in [0, 0.05) is 39.4 Å². The first-order valence-corrected chi connectivity index (χ1v) is 24.8. The molecular weight excluding hydrogens is 909 g/mol. The largest absolute Gasteiger partial charge is 0.478 e. The van der Waals surface area contributed by atoms with Crippen LogP contribution in [0.1, 0.15) is 83.2 Å². The van der Waals surface area contributed by atoms with Crippen LogP contribution in [0.3, 0.4) is 0 Å². The number of hydrogen-bond acceptors (Lipinski definition) is 5. The molecule has 8 bridgehead atoms. The Morgan fingerprint density at radius 1 is 0.419 bits per heavy atom. The lowest BCUT2D eigenvalue weighted by atomic mass is 9.92. The van der Waals surface area contributed by atoms with Crippen LogP contribution < -0.4 is 9.80 Å². The number of carboxylic acids is 1. The summed E-state index contributed by atoms with van der Waals surface area (Å²) >= 11 is 0. The monoisotopic (exact) mass is 962 g/mol. The van der Waals surface area contributed by atoms with E-state index in [9.17, 15) is 9.90 Å². The number of aryl methyl sites for hydroxylation is 7. The van der Waals surface area contributed by atoms with Gasteiger partial charge in [0.25, 0.3) is 0 Å². The zero-order valence-corrected chi connectivity index (χ0v) is 42.5. The van der Waals surface area contributed by atoms with Gasteiger partial charge in [-0.1, -0.05) is 100 Å². The standard InChI is InChI=1S/C66H54N6O2/c1-40-8-21-49(22-9-40)71(50-23-10-41(2)11-24-50)64-58-34-31-55(68-58)53(29-18-47-16-19-48(20-17-47)66(73)74)54-30-32-56(67-54)63(62-45(6)38-44(5)39-46(62)7)57-33-35-59(69-57)65(61-37-36-60(64)70-61)72(51-25-12-42(3)13-26-51)52-27-14-43(4)15-28-52/h8-17,19-28,30-39,68-69H,1-7H3,(H,73,74). The zero-order chi connectivity index (χ0) is 51.2. The molecule has 0 aliphatic carbocycles. The predicted octanol–water partition coefficient (Wildman–Crippen LogP) is 16.5. The molecule has 8 heteroatoms. The molecule has 0 fully saturated rings. The molecule has 0 spiro atoms. The van der Waals surface area contributed by atoms with E-state index in [0.717, 1.165) is 107 Å². The normalized spacial score (nSPS) is 11.6. The van der Waals surface area contributed by atoms with Crippen molar-refractivity contribution in [1.29, 1.82) is 0 Å². The lowest BCUT2D eigenvalue weighted by molar-refractivity contribution is 0.0697. The van der Waals surface area contributed by atoms with Crippen molar-refractivity contribution in [2.45, 2.75) is 48.5 Å². The molecule has 8 nitrogen and oxygen atoms in total. The number of aromatic nitrogens is 4. The molecule has 0 saturated heterocycles. The molecular formula is C66H54N6O2. The van der Waals surface area contributed by atoms with Crippen molar-refractivity contribution in [1.82, 2.24) is 19.9 Å². The molecule has 0 unspecified atom stereocenters. The molecule has 5 heterocycles. The first-order chi connectivity index (χ1) is 35.8. The number of anilines is 6. The summed E-state index contributed by atoms with van der Waals surface area (Å²) in [6.07, 6.45) is 8.39. The number of fused-ring (bicyclic) bond motifs is 8. The summed E-state index contributed by atoms with van der Waals surface area (Å²) in [7, 11) is 0. The summed E-state index contributed by atoms with van der Waals surface area (Å²) in [6, 6.07) is 54.1. The van der Waals surface area contributed by atoms with Gasteiger partial charge in [0.1, 0.15) is 0 Å². The smallest absolute Gasteiger partial charge is 0.335 e. The summed E-state index contributed by atoms with van der Waals surface area (Å²) < 4.78 is 0. The highest BCUT2D eigenvalue weighted by atomic mass is 16.4. The second-order valence-electron chi connectivity index (χ2n) is 19.4. The van der Waals surface area contributed by atoms with Gasteiger partial charge in [-0.25, -0.2) is 14.8 Å². The van der Waals surface area contributed by atoms with Gasteiger partial charge in [0.05, 0.1) is 61.8 Å². The quantitative estimate of drug-likeness (QED) is 0.131. The van der Waals surface area contributed by atoms with Gasteiger partial charge in [-0.05, 0) is 187 Å².